The van der Waals surface area contributed by atoms with Crippen molar-refractivity contribution in [3.05, 3.63) is 83.1 Å². The quantitative estimate of drug-likeness (QED) is 0.0379. The Balaban J connectivity index is 0.00000489. The summed E-state index contributed by atoms with van der Waals surface area (Å²) >= 11 is 0. The lowest BCUT2D eigenvalue weighted by atomic mass is 9.78. The number of nitrogens with zero attached hydrogens (tertiary/aromatic N) is 2. The Bertz CT molecular complexity index is 2150. The zero-order valence-electron chi connectivity index (χ0n) is 36.5. The van der Waals surface area contributed by atoms with Gasteiger partial charge in [0.2, 0.25) is 5.36 Å². The summed E-state index contributed by atoms with van der Waals surface area (Å²) in [6, 6.07) is 12.4. The fourth-order valence-corrected chi connectivity index (χ4v) is 8.22. The minimum absolute atomic E-state index is 0.0767. The lowest BCUT2D eigenvalue weighted by Gasteiger charge is -2.30. The maximum absolute atomic E-state index is 12.3. The van der Waals surface area contributed by atoms with Crippen molar-refractivity contribution < 1.29 is 58.8 Å². The van der Waals surface area contributed by atoms with E-state index in [0.29, 0.717) is 104 Å². The molecule has 15 nitrogen and oxygen atoms in total. The van der Waals surface area contributed by atoms with E-state index in [1.54, 1.807) is 19.4 Å². The predicted molar refractivity (Wildman–Crippen MR) is 236 cm³/mol. The number of carboxylic acids is 1. The van der Waals surface area contributed by atoms with Crippen LogP contribution in [0.3, 0.4) is 0 Å². The number of rotatable bonds is 27. The van der Waals surface area contributed by atoms with Crippen LogP contribution in [0, 0.1) is 0 Å². The molecule has 2 aliphatic heterocycles. The second-order valence-corrected chi connectivity index (χ2v) is 17.5. The van der Waals surface area contributed by atoms with Crippen molar-refractivity contribution in [2.45, 2.75) is 76.5 Å². The van der Waals surface area contributed by atoms with Crippen LogP contribution >= 0.6 is 0 Å². The number of aliphatic carboxylic acids is 1. The Labute approximate surface area is 361 Å². The Hall–Kier alpha value is -3.94. The van der Waals surface area contributed by atoms with Crippen molar-refractivity contribution in [2.75, 3.05) is 90.8 Å². The average molecular weight is 894 g/mol. The highest BCUT2D eigenvalue weighted by Crippen LogP contribution is 2.51. The first-order chi connectivity index (χ1) is 29.2. The van der Waals surface area contributed by atoms with Gasteiger partial charge in [-0.25, -0.2) is 4.58 Å². The molecule has 1 aromatic rings. The SMILES string of the molecule is CC.CC[N+](CCCS(=O)(=O)OC)=c1ccc2c(/C=C/C=C3/N(CCCCCC(=O)O)c4ccc(S(=O)(=O)O)cc4C3(C)CCOCCOCCOCCOC)ccoc-2c1. The van der Waals surface area contributed by atoms with E-state index >= 15 is 0 Å². The molecule has 3 aliphatic rings. The van der Waals surface area contributed by atoms with Gasteiger partial charge in [0.15, 0.2) is 0 Å². The van der Waals surface area contributed by atoms with Crippen LogP contribution in [0.4, 0.5) is 5.69 Å². The van der Waals surface area contributed by atoms with E-state index < -0.39 is 31.6 Å². The largest absolute Gasteiger partial charge is 0.481 e. The number of unbranched alkanes of at least 4 members (excludes halogenated alkanes) is 2. The van der Waals surface area contributed by atoms with Gasteiger partial charge in [-0.15, -0.1) is 0 Å². The summed E-state index contributed by atoms with van der Waals surface area (Å²) in [6.07, 6.45) is 10.4. The highest BCUT2D eigenvalue weighted by Gasteiger charge is 2.43. The first-order valence-electron chi connectivity index (χ1n) is 20.8. The molecule has 1 aliphatic carbocycles. The third-order valence-corrected chi connectivity index (χ3v) is 12.4. The molecule has 0 saturated heterocycles. The predicted octanol–water partition coefficient (Wildman–Crippen LogP) is 6.22. The van der Waals surface area contributed by atoms with E-state index in [1.807, 2.05) is 70.2 Å². The van der Waals surface area contributed by atoms with Crippen LogP contribution in [0.25, 0.3) is 17.4 Å². The molecule has 0 spiro atoms. The maximum atomic E-state index is 12.3. The van der Waals surface area contributed by atoms with Gasteiger partial charge in [-0.1, -0.05) is 32.4 Å². The molecule has 1 unspecified atom stereocenters. The van der Waals surface area contributed by atoms with Crippen LogP contribution < -0.4 is 14.8 Å². The number of hydrogen-bond acceptors (Lipinski definition) is 12. The van der Waals surface area contributed by atoms with Gasteiger partial charge in [-0.2, -0.15) is 16.8 Å². The van der Waals surface area contributed by atoms with E-state index in [9.17, 15) is 31.3 Å². The number of ether oxygens (including phenoxy) is 4. The molecule has 2 heterocycles. The number of anilines is 1. The van der Waals surface area contributed by atoms with Crippen LogP contribution in [0.15, 0.2) is 75.9 Å². The second-order valence-electron chi connectivity index (χ2n) is 14.3. The van der Waals surface area contributed by atoms with Crippen molar-refractivity contribution in [3.8, 4) is 11.3 Å². The molecule has 0 saturated carbocycles. The van der Waals surface area contributed by atoms with Gasteiger partial charge < -0.3 is 33.4 Å². The average Bonchev–Trinajstić information content (AvgIpc) is 3.47. The molecule has 2 N–H and O–H groups in total. The molecule has 0 radical (unpaired) electrons. The minimum Gasteiger partial charge on any atom is -0.481 e. The number of benzene rings is 2. The zero-order chi connectivity index (χ0) is 44.9. The van der Waals surface area contributed by atoms with Crippen LogP contribution in [0.5, 0.6) is 0 Å². The lowest BCUT2D eigenvalue weighted by Crippen LogP contribution is -2.31. The molecule has 0 bridgehead atoms. The Morgan fingerprint density at radius 2 is 1.57 bits per heavy atom. The number of hydrogen-bond donors (Lipinski definition) is 2. The van der Waals surface area contributed by atoms with Crippen molar-refractivity contribution in [2.24, 2.45) is 0 Å². The first kappa shape index (κ1) is 51.4. The molecule has 4 rings (SSSR count). The fourth-order valence-electron chi connectivity index (χ4n) is 7.07. The number of allylic oxidation sites excluding steroid dienone is 3. The minimum atomic E-state index is -4.50. The van der Waals surface area contributed by atoms with E-state index in [-0.39, 0.29) is 17.1 Å². The molecule has 61 heavy (non-hydrogen) atoms. The van der Waals surface area contributed by atoms with Gasteiger partial charge in [0.05, 0.1) is 69.7 Å². The number of methoxy groups -OCH3 is 1. The maximum Gasteiger partial charge on any atom is 0.303 e. The molecule has 0 aromatic heterocycles. The Morgan fingerprint density at radius 3 is 2.21 bits per heavy atom. The van der Waals surface area contributed by atoms with E-state index in [4.69, 9.17) is 23.4 Å². The van der Waals surface area contributed by atoms with Crippen molar-refractivity contribution in [3.63, 3.8) is 0 Å². The number of carboxylic acid groups (broad SMARTS) is 1. The Morgan fingerprint density at radius 1 is 0.885 bits per heavy atom. The van der Waals surface area contributed by atoms with Gasteiger partial charge in [-0.05, 0) is 80.6 Å². The van der Waals surface area contributed by atoms with Gasteiger partial charge in [-0.3, -0.25) is 13.5 Å². The summed E-state index contributed by atoms with van der Waals surface area (Å²) in [6.45, 7) is 12.7. The fraction of sp³-hybridized carbons (Fsp3) is 0.545. The molecular formula is C44H65N2O13S2+. The molecule has 1 aromatic carbocycles. The second kappa shape index (κ2) is 25.9. The van der Waals surface area contributed by atoms with Gasteiger partial charge in [0.1, 0.15) is 18.8 Å². The summed E-state index contributed by atoms with van der Waals surface area (Å²) in [5.74, 6) is -0.270. The standard InChI is InChI=1S/C42H58N2O13S2.C2H6/c1-5-43(20-10-30-58(47,48)53-4)34-14-16-36-33(18-22-57-39(36)31-34)11-9-12-40-42(2,19-23-54-26-27-56-29-28-55-25-24-52-3)37-32-35(59(49,50)51)15-17-38(37)44(40)21-8-6-7-13-41(45)46;1-2/h9,11-12,14-18,22,31-32H,5-8,10,13,19-21,23-30H2,1-4H3,(H-,45,46,49,50,51);1-2H3/p+1. The summed E-state index contributed by atoms with van der Waals surface area (Å²) < 4.78 is 93.0. The molecule has 1 atom stereocenters. The zero-order valence-corrected chi connectivity index (χ0v) is 38.1. The monoisotopic (exact) mass is 893 g/mol. The van der Waals surface area contributed by atoms with Gasteiger partial charge >= 0.3 is 5.97 Å². The van der Waals surface area contributed by atoms with E-state index in [1.165, 1.54) is 12.1 Å². The normalized spacial score (nSPS) is 16.6. The molecule has 340 valence electrons. The number of carbonyl (C=O) groups is 1. The van der Waals surface area contributed by atoms with E-state index in [2.05, 4.69) is 13.7 Å². The molecular weight excluding hydrogens is 829 g/mol. The third-order valence-electron chi connectivity index (χ3n) is 10.3. The smallest absolute Gasteiger partial charge is 0.303 e. The van der Waals surface area contributed by atoms with Crippen LogP contribution in [-0.2, 0) is 53.6 Å². The number of fused-ring (bicyclic) bond motifs is 2. The van der Waals surface area contributed by atoms with Crippen LogP contribution in [0.2, 0.25) is 0 Å². The first-order valence-corrected chi connectivity index (χ1v) is 23.9. The van der Waals surface area contributed by atoms with E-state index in [0.717, 1.165) is 40.5 Å². The van der Waals surface area contributed by atoms with Crippen molar-refractivity contribution in [1.82, 2.24) is 4.58 Å². The third kappa shape index (κ3) is 15.7. The molecule has 0 amide bonds. The lowest BCUT2D eigenvalue weighted by molar-refractivity contribution is -0.137. The van der Waals surface area contributed by atoms with Gasteiger partial charge in [0, 0.05) is 61.5 Å². The summed E-state index contributed by atoms with van der Waals surface area (Å²) in [5.41, 5.74) is 3.43. The Kier molecular flexibility index (Phi) is 21.8. The topological polar surface area (TPSA) is 191 Å². The summed E-state index contributed by atoms with van der Waals surface area (Å²) in [7, 11) is -5.27. The summed E-state index contributed by atoms with van der Waals surface area (Å²) in [4.78, 5) is 13.1. The highest BCUT2D eigenvalue weighted by atomic mass is 32.2. The van der Waals surface area contributed by atoms with Crippen LogP contribution in [0.1, 0.15) is 77.3 Å². The molecule has 0 fully saturated rings. The van der Waals surface area contributed by atoms with Crippen molar-refractivity contribution in [1.29, 1.82) is 0 Å². The molecule has 17 heteroatoms. The van der Waals surface area contributed by atoms with Gasteiger partial charge in [0.25, 0.3) is 20.2 Å². The van der Waals surface area contributed by atoms with Crippen molar-refractivity contribution >= 4 is 38.0 Å². The highest BCUT2D eigenvalue weighted by molar-refractivity contribution is 7.86. The van der Waals surface area contributed by atoms with Crippen LogP contribution in [-0.4, -0.2) is 118 Å². The summed E-state index contributed by atoms with van der Waals surface area (Å²) in [5, 5.41) is 10.1.